The van der Waals surface area contributed by atoms with Crippen molar-refractivity contribution in [3.05, 3.63) is 0 Å². The fraction of sp³-hybridized carbons (Fsp3) is 0.727. The lowest BCUT2D eigenvalue weighted by atomic mass is 10.2. The van der Waals surface area contributed by atoms with Crippen LogP contribution in [0.3, 0.4) is 0 Å². The second kappa shape index (κ2) is 8.72. The summed E-state index contributed by atoms with van der Waals surface area (Å²) < 4.78 is 9.27. The molecule has 0 amide bonds. The van der Waals surface area contributed by atoms with Gasteiger partial charge in [-0.05, 0) is 6.42 Å². The van der Waals surface area contributed by atoms with Gasteiger partial charge < -0.3 is 9.47 Å². The van der Waals surface area contributed by atoms with Crippen LogP contribution in [0.5, 0.6) is 0 Å². The predicted molar refractivity (Wildman–Crippen MR) is 56.3 cm³/mol. The van der Waals surface area contributed by atoms with Gasteiger partial charge in [0.1, 0.15) is 6.07 Å². The van der Waals surface area contributed by atoms with Crippen LogP contribution in [0.15, 0.2) is 0 Å². The molecule has 0 saturated heterocycles. The zero-order valence-electron chi connectivity index (χ0n) is 9.69. The molecule has 0 N–H and O–H groups in total. The lowest BCUT2D eigenvalue weighted by molar-refractivity contribution is -0.162. The number of nitriles is 1. The summed E-state index contributed by atoms with van der Waals surface area (Å²) in [5.74, 6) is -1.47. The first-order chi connectivity index (χ1) is 7.61. The quantitative estimate of drug-likeness (QED) is 0.487. The minimum atomic E-state index is -1.44. The van der Waals surface area contributed by atoms with Crippen LogP contribution < -0.4 is 0 Å². The van der Waals surface area contributed by atoms with Gasteiger partial charge in [0, 0.05) is 6.92 Å². The maximum absolute atomic E-state index is 11.2. The second-order valence-corrected chi connectivity index (χ2v) is 3.35. The van der Waals surface area contributed by atoms with Gasteiger partial charge in [0.05, 0.1) is 6.61 Å². The SMILES string of the molecule is CCCCCCOC(=O)C(C#N)OC(C)=O. The number of esters is 2. The van der Waals surface area contributed by atoms with Gasteiger partial charge in [0.2, 0.25) is 0 Å². The lowest BCUT2D eigenvalue weighted by Crippen LogP contribution is -2.27. The van der Waals surface area contributed by atoms with E-state index in [9.17, 15) is 9.59 Å². The average Bonchev–Trinajstić information content (AvgIpc) is 2.25. The minimum absolute atomic E-state index is 0.262. The van der Waals surface area contributed by atoms with Crippen molar-refractivity contribution < 1.29 is 19.1 Å². The van der Waals surface area contributed by atoms with Crippen molar-refractivity contribution >= 4 is 11.9 Å². The van der Waals surface area contributed by atoms with Crippen LogP contribution in [0.4, 0.5) is 0 Å². The van der Waals surface area contributed by atoms with Gasteiger partial charge in [-0.15, -0.1) is 0 Å². The van der Waals surface area contributed by atoms with Gasteiger partial charge in [0.25, 0.3) is 6.10 Å². The number of unbranched alkanes of at least 4 members (excludes halogenated alkanes) is 3. The minimum Gasteiger partial charge on any atom is -0.462 e. The summed E-state index contributed by atoms with van der Waals surface area (Å²) in [6, 6.07) is 1.57. The highest BCUT2D eigenvalue weighted by atomic mass is 16.6. The zero-order chi connectivity index (χ0) is 12.4. The van der Waals surface area contributed by atoms with E-state index < -0.39 is 18.0 Å². The highest BCUT2D eigenvalue weighted by molar-refractivity contribution is 5.81. The molecule has 0 rings (SSSR count). The molecular weight excluding hydrogens is 210 g/mol. The van der Waals surface area contributed by atoms with Crippen molar-refractivity contribution in [1.82, 2.24) is 0 Å². The van der Waals surface area contributed by atoms with Crippen molar-refractivity contribution in [1.29, 1.82) is 5.26 Å². The van der Waals surface area contributed by atoms with E-state index in [0.29, 0.717) is 0 Å². The molecule has 0 aliphatic carbocycles. The Balaban J connectivity index is 3.77. The Morgan fingerprint density at radius 2 is 2.00 bits per heavy atom. The summed E-state index contributed by atoms with van der Waals surface area (Å²) in [5.41, 5.74) is 0. The molecule has 5 nitrogen and oxygen atoms in total. The van der Waals surface area contributed by atoms with Crippen LogP contribution in [-0.4, -0.2) is 24.6 Å². The van der Waals surface area contributed by atoms with Crippen LogP contribution in [0.25, 0.3) is 0 Å². The van der Waals surface area contributed by atoms with Gasteiger partial charge in [-0.3, -0.25) is 4.79 Å². The molecule has 0 radical (unpaired) electrons. The molecule has 0 fully saturated rings. The number of rotatable bonds is 7. The van der Waals surface area contributed by atoms with E-state index in [-0.39, 0.29) is 6.61 Å². The van der Waals surface area contributed by atoms with Crippen LogP contribution in [0, 0.1) is 11.3 Å². The third-order valence-corrected chi connectivity index (χ3v) is 1.86. The number of hydrogen-bond acceptors (Lipinski definition) is 5. The van der Waals surface area contributed by atoms with E-state index in [1.54, 1.807) is 6.07 Å². The Hall–Kier alpha value is -1.57. The molecule has 1 atom stereocenters. The molecule has 0 aliphatic rings. The summed E-state index contributed by atoms with van der Waals surface area (Å²) in [4.78, 5) is 21.8. The molecule has 0 heterocycles. The van der Waals surface area contributed by atoms with Crippen molar-refractivity contribution in [2.75, 3.05) is 6.61 Å². The van der Waals surface area contributed by atoms with Gasteiger partial charge in [-0.2, -0.15) is 5.26 Å². The average molecular weight is 227 g/mol. The molecule has 5 heteroatoms. The molecule has 0 saturated carbocycles. The number of hydrogen-bond donors (Lipinski definition) is 0. The zero-order valence-corrected chi connectivity index (χ0v) is 9.69. The molecule has 0 aromatic heterocycles. The smallest absolute Gasteiger partial charge is 0.362 e. The maximum Gasteiger partial charge on any atom is 0.362 e. The highest BCUT2D eigenvalue weighted by Gasteiger charge is 2.22. The molecular formula is C11H17NO4. The number of carbonyl (C=O) groups excluding carboxylic acids is 2. The normalized spacial score (nSPS) is 11.3. The monoisotopic (exact) mass is 227 g/mol. The summed E-state index contributed by atoms with van der Waals surface area (Å²) in [5, 5.41) is 8.56. The van der Waals surface area contributed by atoms with Crippen molar-refractivity contribution in [2.24, 2.45) is 0 Å². The second-order valence-electron chi connectivity index (χ2n) is 3.35. The van der Waals surface area contributed by atoms with E-state index in [1.807, 2.05) is 0 Å². The third-order valence-electron chi connectivity index (χ3n) is 1.86. The Morgan fingerprint density at radius 1 is 1.31 bits per heavy atom. The highest BCUT2D eigenvalue weighted by Crippen LogP contribution is 2.01. The maximum atomic E-state index is 11.2. The van der Waals surface area contributed by atoms with E-state index in [4.69, 9.17) is 10.00 Å². The first kappa shape index (κ1) is 14.4. The first-order valence-corrected chi connectivity index (χ1v) is 5.35. The molecule has 1 unspecified atom stereocenters. The number of carbonyl (C=O) groups is 2. The van der Waals surface area contributed by atoms with Crippen molar-refractivity contribution in [3.8, 4) is 6.07 Å². The lowest BCUT2D eigenvalue weighted by Gasteiger charge is -2.09. The van der Waals surface area contributed by atoms with Gasteiger partial charge in [-0.1, -0.05) is 26.2 Å². The van der Waals surface area contributed by atoms with Crippen LogP contribution in [0.2, 0.25) is 0 Å². The van der Waals surface area contributed by atoms with E-state index >= 15 is 0 Å². The Morgan fingerprint density at radius 3 is 2.50 bits per heavy atom. The standard InChI is InChI=1S/C11H17NO4/c1-3-4-5-6-7-15-11(14)10(8-12)16-9(2)13/h10H,3-7H2,1-2H3. The number of nitrogens with zero attached hydrogens (tertiary/aromatic N) is 1. The molecule has 0 spiro atoms. The molecule has 0 bridgehead atoms. The summed E-state index contributed by atoms with van der Waals surface area (Å²) in [7, 11) is 0. The largest absolute Gasteiger partial charge is 0.462 e. The van der Waals surface area contributed by atoms with Crippen LogP contribution in [0.1, 0.15) is 39.5 Å². The van der Waals surface area contributed by atoms with Gasteiger partial charge in [0.15, 0.2) is 0 Å². The molecule has 0 aromatic carbocycles. The summed E-state index contributed by atoms with van der Waals surface area (Å²) in [6.45, 7) is 3.48. The van der Waals surface area contributed by atoms with Crippen molar-refractivity contribution in [3.63, 3.8) is 0 Å². The molecule has 90 valence electrons. The van der Waals surface area contributed by atoms with E-state index in [0.717, 1.165) is 32.6 Å². The Bertz CT molecular complexity index is 270. The fourth-order valence-electron chi connectivity index (χ4n) is 1.07. The van der Waals surface area contributed by atoms with E-state index in [1.165, 1.54) is 0 Å². The van der Waals surface area contributed by atoms with E-state index in [2.05, 4.69) is 11.7 Å². The summed E-state index contributed by atoms with van der Waals surface area (Å²) >= 11 is 0. The summed E-state index contributed by atoms with van der Waals surface area (Å²) in [6.07, 6.45) is 2.49. The van der Waals surface area contributed by atoms with Gasteiger partial charge in [-0.25, -0.2) is 4.79 Å². The van der Waals surface area contributed by atoms with Crippen LogP contribution >= 0.6 is 0 Å². The topological polar surface area (TPSA) is 76.4 Å². The predicted octanol–water partition coefficient (Wildman–Crippen LogP) is 1.57. The van der Waals surface area contributed by atoms with Crippen LogP contribution in [-0.2, 0) is 19.1 Å². The third kappa shape index (κ3) is 6.82. The number of ether oxygens (including phenoxy) is 2. The van der Waals surface area contributed by atoms with Crippen molar-refractivity contribution in [2.45, 2.75) is 45.6 Å². The Kier molecular flexibility index (Phi) is 7.86. The first-order valence-electron chi connectivity index (χ1n) is 5.35. The molecule has 16 heavy (non-hydrogen) atoms. The van der Waals surface area contributed by atoms with Gasteiger partial charge >= 0.3 is 11.9 Å². The molecule has 0 aliphatic heterocycles. The Labute approximate surface area is 95.3 Å². The molecule has 0 aromatic rings. The fourth-order valence-corrected chi connectivity index (χ4v) is 1.07.